The van der Waals surface area contributed by atoms with Crippen LogP contribution in [0.25, 0.3) is 0 Å². The minimum Gasteiger partial charge on any atom is -0.357 e. The summed E-state index contributed by atoms with van der Waals surface area (Å²) < 4.78 is 0. The Morgan fingerprint density at radius 3 is 2.67 bits per heavy atom. The van der Waals surface area contributed by atoms with Crippen LogP contribution in [0.4, 0.5) is 0 Å². The molecular weight excluding hydrogens is 318 g/mol. The number of rotatable bonds is 9. The number of thiazole rings is 1. The van der Waals surface area contributed by atoms with Crippen molar-refractivity contribution in [2.75, 3.05) is 39.3 Å². The van der Waals surface area contributed by atoms with Crippen molar-refractivity contribution >= 4 is 17.3 Å². The third-order valence-corrected chi connectivity index (χ3v) is 5.53. The lowest BCUT2D eigenvalue weighted by atomic mass is 10.3. The maximum absolute atomic E-state index is 4.69. The second-order valence-corrected chi connectivity index (χ2v) is 7.73. The van der Waals surface area contributed by atoms with E-state index < -0.39 is 0 Å². The zero-order valence-corrected chi connectivity index (χ0v) is 16.3. The van der Waals surface area contributed by atoms with E-state index in [4.69, 9.17) is 4.99 Å². The Bertz CT molecular complexity index is 486. The number of aliphatic imine (C=N–C) groups is 1. The Balaban J connectivity index is 1.63. The summed E-state index contributed by atoms with van der Waals surface area (Å²) >= 11 is 1.80. The van der Waals surface area contributed by atoms with Crippen LogP contribution in [0, 0.1) is 13.8 Å². The molecule has 0 aromatic carbocycles. The first kappa shape index (κ1) is 19.2. The summed E-state index contributed by atoms with van der Waals surface area (Å²) in [5.41, 5.74) is 1.16. The molecule has 0 bridgehead atoms. The fraction of sp³-hybridized carbons (Fsp3) is 0.778. The van der Waals surface area contributed by atoms with E-state index in [-0.39, 0.29) is 0 Å². The van der Waals surface area contributed by atoms with Gasteiger partial charge < -0.3 is 15.5 Å². The van der Waals surface area contributed by atoms with Crippen LogP contribution in [-0.2, 0) is 6.42 Å². The molecule has 0 amide bonds. The van der Waals surface area contributed by atoms with Crippen LogP contribution in [-0.4, -0.2) is 55.1 Å². The predicted molar refractivity (Wildman–Crippen MR) is 104 cm³/mol. The van der Waals surface area contributed by atoms with E-state index in [2.05, 4.69) is 41.3 Å². The summed E-state index contributed by atoms with van der Waals surface area (Å²) in [5.74, 6) is 0.934. The molecule has 0 atom stereocenters. The molecule has 1 aromatic heterocycles. The van der Waals surface area contributed by atoms with Gasteiger partial charge in [0.2, 0.25) is 0 Å². The molecule has 136 valence electrons. The lowest BCUT2D eigenvalue weighted by molar-refractivity contribution is 0.331. The highest BCUT2D eigenvalue weighted by Gasteiger charge is 2.10. The van der Waals surface area contributed by atoms with Gasteiger partial charge in [-0.25, -0.2) is 4.98 Å². The lowest BCUT2D eigenvalue weighted by Crippen LogP contribution is -2.38. The van der Waals surface area contributed by atoms with Crippen LogP contribution in [0.3, 0.4) is 0 Å². The van der Waals surface area contributed by atoms with Crippen molar-refractivity contribution in [3.8, 4) is 0 Å². The average Bonchev–Trinajstić information content (AvgIpc) is 3.17. The van der Waals surface area contributed by atoms with E-state index in [1.54, 1.807) is 11.3 Å². The fourth-order valence-corrected chi connectivity index (χ4v) is 3.85. The monoisotopic (exact) mass is 351 g/mol. The zero-order chi connectivity index (χ0) is 17.2. The van der Waals surface area contributed by atoms with Gasteiger partial charge in [0.05, 0.1) is 10.7 Å². The largest absolute Gasteiger partial charge is 0.357 e. The van der Waals surface area contributed by atoms with Crippen LogP contribution >= 0.6 is 11.3 Å². The first-order valence-corrected chi connectivity index (χ1v) is 10.2. The maximum atomic E-state index is 4.69. The smallest absolute Gasteiger partial charge is 0.191 e. The fourth-order valence-electron chi connectivity index (χ4n) is 2.92. The number of guanidine groups is 1. The van der Waals surface area contributed by atoms with E-state index in [0.717, 1.165) is 44.1 Å². The quantitative estimate of drug-likeness (QED) is 0.408. The highest BCUT2D eigenvalue weighted by Crippen LogP contribution is 2.16. The van der Waals surface area contributed by atoms with Gasteiger partial charge in [0.15, 0.2) is 5.96 Å². The third kappa shape index (κ3) is 6.77. The van der Waals surface area contributed by atoms with Crippen LogP contribution in [0.2, 0.25) is 0 Å². The first-order valence-electron chi connectivity index (χ1n) is 9.36. The van der Waals surface area contributed by atoms with Crippen LogP contribution in [0.1, 0.15) is 48.2 Å². The van der Waals surface area contributed by atoms with E-state index >= 15 is 0 Å². The van der Waals surface area contributed by atoms with Crippen molar-refractivity contribution in [3.05, 3.63) is 15.6 Å². The van der Waals surface area contributed by atoms with Gasteiger partial charge in [0.1, 0.15) is 0 Å². The Labute approximate surface area is 151 Å². The first-order chi connectivity index (χ1) is 11.7. The second kappa shape index (κ2) is 10.7. The van der Waals surface area contributed by atoms with Crippen molar-refractivity contribution in [3.63, 3.8) is 0 Å². The molecule has 2 heterocycles. The Hall–Kier alpha value is -1.14. The van der Waals surface area contributed by atoms with Gasteiger partial charge in [-0.1, -0.05) is 0 Å². The summed E-state index contributed by atoms with van der Waals surface area (Å²) in [4.78, 5) is 13.2. The predicted octanol–water partition coefficient (Wildman–Crippen LogP) is 2.73. The number of hydrogen-bond acceptors (Lipinski definition) is 4. The number of nitrogens with zero attached hydrogens (tertiary/aromatic N) is 3. The van der Waals surface area contributed by atoms with Gasteiger partial charge >= 0.3 is 0 Å². The molecule has 0 unspecified atom stereocenters. The van der Waals surface area contributed by atoms with E-state index in [1.165, 1.54) is 48.8 Å². The Kier molecular flexibility index (Phi) is 8.53. The van der Waals surface area contributed by atoms with Gasteiger partial charge in [-0.05, 0) is 66.1 Å². The molecule has 1 saturated heterocycles. The molecule has 6 heteroatoms. The second-order valence-electron chi connectivity index (χ2n) is 6.44. The van der Waals surface area contributed by atoms with Gasteiger partial charge in [0.25, 0.3) is 0 Å². The molecule has 0 saturated carbocycles. The molecule has 5 nitrogen and oxygen atoms in total. The minimum absolute atomic E-state index is 0.881. The highest BCUT2D eigenvalue weighted by atomic mass is 32.1. The average molecular weight is 352 g/mol. The van der Waals surface area contributed by atoms with Crippen molar-refractivity contribution in [2.45, 2.75) is 52.9 Å². The molecule has 0 aliphatic carbocycles. The maximum Gasteiger partial charge on any atom is 0.191 e. The van der Waals surface area contributed by atoms with Gasteiger partial charge in [-0.3, -0.25) is 4.99 Å². The molecule has 1 fully saturated rings. The number of aryl methyl sites for hydroxylation is 2. The SMILES string of the molecule is CCNC(=NCCCCN1CCCC1)NCCc1nc(C)c(C)s1. The third-order valence-electron chi connectivity index (χ3n) is 4.40. The molecule has 1 aliphatic rings. The normalized spacial score (nSPS) is 15.9. The number of hydrogen-bond donors (Lipinski definition) is 2. The van der Waals surface area contributed by atoms with Crippen molar-refractivity contribution in [2.24, 2.45) is 4.99 Å². The van der Waals surface area contributed by atoms with Gasteiger partial charge in [-0.15, -0.1) is 11.3 Å². The summed E-state index contributed by atoms with van der Waals surface area (Å²) in [6.07, 6.45) is 6.13. The van der Waals surface area contributed by atoms with Gasteiger partial charge in [0, 0.05) is 30.9 Å². The van der Waals surface area contributed by atoms with Crippen LogP contribution < -0.4 is 10.6 Å². The summed E-state index contributed by atoms with van der Waals surface area (Å²) in [7, 11) is 0. The van der Waals surface area contributed by atoms with Gasteiger partial charge in [-0.2, -0.15) is 0 Å². The number of unbranched alkanes of at least 4 members (excludes halogenated alkanes) is 1. The van der Waals surface area contributed by atoms with Crippen molar-refractivity contribution in [1.29, 1.82) is 0 Å². The summed E-state index contributed by atoms with van der Waals surface area (Å²) in [5, 5.41) is 7.96. The number of nitrogens with one attached hydrogen (secondary N) is 2. The molecule has 2 N–H and O–H groups in total. The van der Waals surface area contributed by atoms with Crippen molar-refractivity contribution < 1.29 is 0 Å². The molecule has 0 spiro atoms. The standard InChI is InChI=1S/C18H33N5S/c1-4-19-18(20-10-5-6-12-23-13-7-8-14-23)21-11-9-17-22-15(2)16(3)24-17/h4-14H2,1-3H3,(H2,19,20,21). The molecule has 1 aromatic rings. The topological polar surface area (TPSA) is 52.6 Å². The van der Waals surface area contributed by atoms with Crippen LogP contribution in [0.5, 0.6) is 0 Å². The minimum atomic E-state index is 0.881. The van der Waals surface area contributed by atoms with E-state index in [1.807, 2.05) is 0 Å². The zero-order valence-electron chi connectivity index (χ0n) is 15.5. The van der Waals surface area contributed by atoms with Crippen molar-refractivity contribution in [1.82, 2.24) is 20.5 Å². The molecule has 1 aliphatic heterocycles. The Morgan fingerprint density at radius 1 is 1.21 bits per heavy atom. The number of aromatic nitrogens is 1. The number of likely N-dealkylation sites (tertiary alicyclic amines) is 1. The molecule has 2 rings (SSSR count). The summed E-state index contributed by atoms with van der Waals surface area (Å²) in [6, 6.07) is 0. The molecular formula is C18H33N5S. The van der Waals surface area contributed by atoms with Crippen LogP contribution in [0.15, 0.2) is 4.99 Å². The summed E-state index contributed by atoms with van der Waals surface area (Å²) in [6.45, 7) is 12.8. The molecule has 0 radical (unpaired) electrons. The molecule has 24 heavy (non-hydrogen) atoms. The lowest BCUT2D eigenvalue weighted by Gasteiger charge is -2.14. The van der Waals surface area contributed by atoms with E-state index in [0.29, 0.717) is 0 Å². The van der Waals surface area contributed by atoms with E-state index in [9.17, 15) is 0 Å². The Morgan fingerprint density at radius 2 is 2.00 bits per heavy atom. The highest BCUT2D eigenvalue weighted by molar-refractivity contribution is 7.11.